The summed E-state index contributed by atoms with van der Waals surface area (Å²) < 4.78 is 28.4. The van der Waals surface area contributed by atoms with Crippen LogP contribution in [0.4, 0.5) is 11.5 Å². The predicted octanol–water partition coefficient (Wildman–Crippen LogP) is 5.85. The number of aromatic nitrogens is 2. The van der Waals surface area contributed by atoms with Crippen molar-refractivity contribution >= 4 is 21.5 Å². The van der Waals surface area contributed by atoms with E-state index in [1.54, 1.807) is 24.3 Å². The van der Waals surface area contributed by atoms with Crippen LogP contribution in [0.1, 0.15) is 19.8 Å². The summed E-state index contributed by atoms with van der Waals surface area (Å²) in [6, 6.07) is 27.9. The molecule has 0 unspecified atom stereocenters. The fourth-order valence-electron chi connectivity index (χ4n) is 4.27. The average Bonchev–Trinajstić information content (AvgIpc) is 2.90. The molecule has 0 radical (unpaired) electrons. The first-order valence-electron chi connectivity index (χ1n) is 11.9. The molecule has 0 atom stereocenters. The minimum absolute atomic E-state index is 0.217. The van der Waals surface area contributed by atoms with E-state index >= 15 is 0 Å². The number of sulfonamides is 1. The Morgan fingerprint density at radius 1 is 0.743 bits per heavy atom. The molecule has 35 heavy (non-hydrogen) atoms. The Morgan fingerprint density at radius 3 is 2.00 bits per heavy atom. The summed E-state index contributed by atoms with van der Waals surface area (Å²) in [6.45, 7) is 4.32. The molecule has 0 bridgehead atoms. The molecule has 178 valence electrons. The molecule has 2 heterocycles. The Kier molecular flexibility index (Phi) is 6.51. The van der Waals surface area contributed by atoms with E-state index in [-0.39, 0.29) is 4.90 Å². The van der Waals surface area contributed by atoms with Gasteiger partial charge in [-0.05, 0) is 66.3 Å². The standard InChI is InChI=1S/C28H28N4O2S/c1-21-17-19-32(20-18-21)28-16-15-27(29-30-28)24-7-11-25(12-8-24)31-35(33,34)26-13-9-23(10-14-26)22-5-3-2-4-6-22/h2-16,21,31H,17-20H2,1H3. The number of piperidine rings is 1. The highest BCUT2D eigenvalue weighted by molar-refractivity contribution is 7.92. The number of rotatable bonds is 6. The zero-order valence-electron chi connectivity index (χ0n) is 19.6. The third kappa shape index (κ3) is 5.35. The first-order valence-corrected chi connectivity index (χ1v) is 13.3. The van der Waals surface area contributed by atoms with Gasteiger partial charge in [0.15, 0.2) is 5.82 Å². The second-order valence-electron chi connectivity index (χ2n) is 9.02. The third-order valence-electron chi connectivity index (χ3n) is 6.46. The van der Waals surface area contributed by atoms with Crippen molar-refractivity contribution in [3.8, 4) is 22.4 Å². The van der Waals surface area contributed by atoms with Gasteiger partial charge in [-0.15, -0.1) is 10.2 Å². The highest BCUT2D eigenvalue weighted by Gasteiger charge is 2.18. The first-order chi connectivity index (χ1) is 17.0. The molecule has 4 aromatic rings. The maximum absolute atomic E-state index is 12.9. The van der Waals surface area contributed by atoms with Gasteiger partial charge >= 0.3 is 0 Å². The van der Waals surface area contributed by atoms with Crippen LogP contribution in [-0.2, 0) is 10.0 Å². The van der Waals surface area contributed by atoms with Crippen molar-refractivity contribution in [3.63, 3.8) is 0 Å². The Balaban J connectivity index is 1.25. The van der Waals surface area contributed by atoms with Crippen LogP contribution in [0, 0.1) is 5.92 Å². The first kappa shape index (κ1) is 23.1. The molecule has 0 spiro atoms. The van der Waals surface area contributed by atoms with E-state index in [1.807, 2.05) is 66.7 Å². The smallest absolute Gasteiger partial charge is 0.261 e. The van der Waals surface area contributed by atoms with Crippen LogP contribution in [0.25, 0.3) is 22.4 Å². The van der Waals surface area contributed by atoms with Gasteiger partial charge in [0.1, 0.15) is 0 Å². The molecule has 1 N–H and O–H groups in total. The molecule has 1 aromatic heterocycles. The summed E-state index contributed by atoms with van der Waals surface area (Å²) in [5, 5.41) is 8.82. The van der Waals surface area contributed by atoms with Gasteiger partial charge in [-0.3, -0.25) is 4.72 Å². The Hall–Kier alpha value is -3.71. The van der Waals surface area contributed by atoms with Gasteiger partial charge in [0.25, 0.3) is 10.0 Å². The summed E-state index contributed by atoms with van der Waals surface area (Å²) in [5.41, 5.74) is 4.14. The van der Waals surface area contributed by atoms with Gasteiger partial charge in [0.2, 0.25) is 0 Å². The number of hydrogen-bond donors (Lipinski definition) is 1. The van der Waals surface area contributed by atoms with Gasteiger partial charge in [0.05, 0.1) is 10.6 Å². The molecule has 7 heteroatoms. The number of benzene rings is 3. The van der Waals surface area contributed by atoms with Gasteiger partial charge in [-0.1, -0.05) is 61.5 Å². The normalized spacial score (nSPS) is 14.6. The fraction of sp³-hybridized carbons (Fsp3) is 0.214. The van der Waals surface area contributed by atoms with E-state index in [2.05, 4.69) is 26.7 Å². The van der Waals surface area contributed by atoms with Crippen molar-refractivity contribution in [2.45, 2.75) is 24.7 Å². The number of nitrogens with one attached hydrogen (secondary N) is 1. The Morgan fingerprint density at radius 2 is 1.37 bits per heavy atom. The topological polar surface area (TPSA) is 75.2 Å². The second kappa shape index (κ2) is 9.88. The predicted molar refractivity (Wildman–Crippen MR) is 141 cm³/mol. The van der Waals surface area contributed by atoms with Crippen LogP contribution < -0.4 is 9.62 Å². The summed E-state index contributed by atoms with van der Waals surface area (Å²) in [4.78, 5) is 2.50. The van der Waals surface area contributed by atoms with Gasteiger partial charge in [-0.25, -0.2) is 8.42 Å². The molecule has 0 amide bonds. The van der Waals surface area contributed by atoms with Crippen LogP contribution in [0.5, 0.6) is 0 Å². The van der Waals surface area contributed by atoms with Crippen molar-refractivity contribution in [1.29, 1.82) is 0 Å². The van der Waals surface area contributed by atoms with E-state index in [9.17, 15) is 8.42 Å². The average molecular weight is 485 g/mol. The lowest BCUT2D eigenvalue weighted by molar-refractivity contribution is 0.436. The van der Waals surface area contributed by atoms with E-state index in [1.165, 1.54) is 12.8 Å². The van der Waals surface area contributed by atoms with Gasteiger partial charge in [0, 0.05) is 24.3 Å². The highest BCUT2D eigenvalue weighted by Crippen LogP contribution is 2.26. The largest absolute Gasteiger partial charge is 0.355 e. The summed E-state index contributed by atoms with van der Waals surface area (Å²) >= 11 is 0. The molecule has 1 aliphatic heterocycles. The SMILES string of the molecule is CC1CCN(c2ccc(-c3ccc(NS(=O)(=O)c4ccc(-c5ccccc5)cc4)cc3)nn2)CC1. The molecule has 3 aromatic carbocycles. The maximum Gasteiger partial charge on any atom is 0.261 e. The third-order valence-corrected chi connectivity index (χ3v) is 7.86. The second-order valence-corrected chi connectivity index (χ2v) is 10.7. The lowest BCUT2D eigenvalue weighted by atomic mass is 9.99. The van der Waals surface area contributed by atoms with Crippen LogP contribution in [0.3, 0.4) is 0 Å². The number of nitrogens with zero attached hydrogens (tertiary/aromatic N) is 3. The van der Waals surface area contributed by atoms with Crippen molar-refractivity contribution in [3.05, 3.63) is 91.0 Å². The Bertz CT molecular complexity index is 1360. The zero-order chi connectivity index (χ0) is 24.3. The fourth-order valence-corrected chi connectivity index (χ4v) is 5.32. The Labute approximate surface area is 206 Å². The van der Waals surface area contributed by atoms with E-state index in [0.29, 0.717) is 5.69 Å². The minimum Gasteiger partial charge on any atom is -0.355 e. The minimum atomic E-state index is -3.70. The van der Waals surface area contributed by atoms with E-state index in [4.69, 9.17) is 0 Å². The molecule has 5 rings (SSSR count). The van der Waals surface area contributed by atoms with Crippen molar-refractivity contribution < 1.29 is 8.42 Å². The quantitative estimate of drug-likeness (QED) is 0.372. The monoisotopic (exact) mass is 484 g/mol. The zero-order valence-corrected chi connectivity index (χ0v) is 20.4. The number of anilines is 2. The molecule has 0 aliphatic carbocycles. The highest BCUT2D eigenvalue weighted by atomic mass is 32.2. The van der Waals surface area contributed by atoms with Crippen molar-refractivity contribution in [2.75, 3.05) is 22.7 Å². The lowest BCUT2D eigenvalue weighted by Crippen LogP contribution is -2.33. The summed E-state index contributed by atoms with van der Waals surface area (Å²) in [7, 11) is -3.70. The van der Waals surface area contributed by atoms with Crippen molar-refractivity contribution in [1.82, 2.24) is 10.2 Å². The van der Waals surface area contributed by atoms with Crippen LogP contribution in [0.2, 0.25) is 0 Å². The molecular weight excluding hydrogens is 456 g/mol. The van der Waals surface area contributed by atoms with Crippen molar-refractivity contribution in [2.24, 2.45) is 5.92 Å². The van der Waals surface area contributed by atoms with Crippen LogP contribution in [0.15, 0.2) is 95.9 Å². The van der Waals surface area contributed by atoms with Crippen LogP contribution in [-0.4, -0.2) is 31.7 Å². The van der Waals surface area contributed by atoms with E-state index in [0.717, 1.165) is 47.2 Å². The summed E-state index contributed by atoms with van der Waals surface area (Å²) in [5.74, 6) is 1.67. The lowest BCUT2D eigenvalue weighted by Gasteiger charge is -2.30. The summed E-state index contributed by atoms with van der Waals surface area (Å²) in [6.07, 6.45) is 2.36. The molecular formula is C28H28N4O2S. The molecule has 1 fully saturated rings. The molecule has 1 aliphatic rings. The molecule has 0 saturated carbocycles. The molecule has 6 nitrogen and oxygen atoms in total. The van der Waals surface area contributed by atoms with Gasteiger partial charge in [-0.2, -0.15) is 0 Å². The maximum atomic E-state index is 12.9. The number of hydrogen-bond acceptors (Lipinski definition) is 5. The van der Waals surface area contributed by atoms with Crippen LogP contribution >= 0.6 is 0 Å². The van der Waals surface area contributed by atoms with E-state index < -0.39 is 10.0 Å². The van der Waals surface area contributed by atoms with Gasteiger partial charge < -0.3 is 4.90 Å². The molecule has 1 saturated heterocycles.